The molecule has 2 aliphatic heterocycles. The van der Waals surface area contributed by atoms with Crippen molar-refractivity contribution in [2.45, 2.75) is 96.8 Å². The van der Waals surface area contributed by atoms with Crippen molar-refractivity contribution in [3.05, 3.63) is 161 Å². The molecule has 0 amide bonds. The molecule has 0 fully saturated rings. The quantitative estimate of drug-likeness (QED) is 0.149. The van der Waals surface area contributed by atoms with Crippen molar-refractivity contribution in [2.75, 3.05) is 4.81 Å². The molecular formula is C63H53BN2S2. The molecule has 3 aromatic heterocycles. The zero-order valence-electron chi connectivity index (χ0n) is 40.4. The summed E-state index contributed by atoms with van der Waals surface area (Å²) in [5, 5.41) is 8.17. The number of aromatic nitrogens is 1. The molecule has 0 unspecified atom stereocenters. The van der Waals surface area contributed by atoms with Crippen molar-refractivity contribution < 1.29 is 0 Å². The first-order valence-electron chi connectivity index (χ1n) is 24.7. The average molecular weight is 913 g/mol. The fourth-order valence-corrected chi connectivity index (χ4v) is 15.9. The minimum atomic E-state index is -0.0982. The van der Waals surface area contributed by atoms with Crippen LogP contribution in [0.3, 0.4) is 0 Å². The van der Waals surface area contributed by atoms with Gasteiger partial charge in [-0.1, -0.05) is 135 Å². The van der Waals surface area contributed by atoms with E-state index in [9.17, 15) is 0 Å². The number of hydrogen-bond acceptors (Lipinski definition) is 3. The molecule has 2 aliphatic carbocycles. The van der Waals surface area contributed by atoms with Crippen LogP contribution in [0.4, 0.5) is 11.4 Å². The van der Waals surface area contributed by atoms with Crippen LogP contribution in [0.1, 0.15) is 103 Å². The molecule has 0 radical (unpaired) electrons. The summed E-state index contributed by atoms with van der Waals surface area (Å²) in [5.74, 6) is 0. The Bertz CT molecular complexity index is 4110. The molecule has 4 aliphatic rings. The van der Waals surface area contributed by atoms with Crippen LogP contribution in [-0.2, 0) is 21.7 Å². The van der Waals surface area contributed by atoms with E-state index >= 15 is 0 Å². The lowest BCUT2D eigenvalue weighted by atomic mass is 9.44. The predicted octanol–water partition coefficient (Wildman–Crippen LogP) is 16.7. The molecule has 0 atom stereocenters. The van der Waals surface area contributed by atoms with E-state index in [1.165, 1.54) is 153 Å². The van der Waals surface area contributed by atoms with Gasteiger partial charge in [-0.25, -0.2) is 0 Å². The smallest absolute Gasteiger partial charge is 0.333 e. The number of hydrogen-bond donors (Lipinski definition) is 0. The summed E-state index contributed by atoms with van der Waals surface area (Å²) in [7, 11) is 0. The molecule has 11 aromatic rings. The van der Waals surface area contributed by atoms with Gasteiger partial charge < -0.3 is 9.38 Å². The van der Waals surface area contributed by atoms with Gasteiger partial charge in [0.25, 0.3) is 0 Å². The van der Waals surface area contributed by atoms with Crippen molar-refractivity contribution in [2.24, 2.45) is 0 Å². The summed E-state index contributed by atoms with van der Waals surface area (Å²) in [6.45, 7) is 21.6. The van der Waals surface area contributed by atoms with Gasteiger partial charge in [-0.05, 0) is 145 Å². The number of benzene rings is 8. The van der Waals surface area contributed by atoms with Gasteiger partial charge in [0, 0.05) is 79.2 Å². The lowest BCUT2D eigenvalue weighted by Crippen LogP contribution is -2.60. The number of anilines is 2. The van der Waals surface area contributed by atoms with E-state index in [1.807, 2.05) is 22.7 Å². The number of thiophene rings is 2. The second-order valence-electron chi connectivity index (χ2n) is 23.5. The highest BCUT2D eigenvalue weighted by Crippen LogP contribution is 2.56. The van der Waals surface area contributed by atoms with E-state index in [1.54, 1.807) is 0 Å². The van der Waals surface area contributed by atoms with Crippen LogP contribution in [0.25, 0.3) is 90.1 Å². The highest BCUT2D eigenvalue weighted by atomic mass is 32.1. The molecule has 2 nitrogen and oxygen atoms in total. The molecule has 15 rings (SSSR count). The minimum absolute atomic E-state index is 0.0429. The molecule has 0 saturated heterocycles. The lowest BCUT2D eigenvalue weighted by Gasteiger charge is -2.42. The Labute approximate surface area is 407 Å². The van der Waals surface area contributed by atoms with Crippen molar-refractivity contribution in [3.8, 4) is 27.9 Å². The normalized spacial score (nSPS) is 17.1. The molecule has 0 spiro atoms. The summed E-state index contributed by atoms with van der Waals surface area (Å²) in [4.78, 5) is 2.74. The largest absolute Gasteiger partial charge is 0.376 e. The molecule has 68 heavy (non-hydrogen) atoms. The molecule has 5 heterocycles. The summed E-state index contributed by atoms with van der Waals surface area (Å²) in [6.07, 6.45) is 2.42. The maximum atomic E-state index is 2.74. The molecular weight excluding hydrogens is 860 g/mol. The topological polar surface area (TPSA) is 8.17 Å². The van der Waals surface area contributed by atoms with Gasteiger partial charge in [0.2, 0.25) is 0 Å². The maximum Gasteiger partial charge on any atom is 0.333 e. The third-order valence-corrected chi connectivity index (χ3v) is 19.6. The summed E-state index contributed by atoms with van der Waals surface area (Å²) in [5.41, 5.74) is 22.2. The summed E-state index contributed by atoms with van der Waals surface area (Å²) < 4.78 is 8.14. The van der Waals surface area contributed by atoms with E-state index in [4.69, 9.17) is 0 Å². The lowest BCUT2D eigenvalue weighted by molar-refractivity contribution is 0.332. The van der Waals surface area contributed by atoms with Gasteiger partial charge in [-0.3, -0.25) is 0 Å². The Morgan fingerprint density at radius 2 is 1.19 bits per heavy atom. The number of nitrogens with zero attached hydrogens (tertiary/aromatic N) is 2. The minimum Gasteiger partial charge on any atom is -0.376 e. The van der Waals surface area contributed by atoms with E-state index < -0.39 is 0 Å². The summed E-state index contributed by atoms with van der Waals surface area (Å²) >= 11 is 3.92. The van der Waals surface area contributed by atoms with Gasteiger partial charge in [0.05, 0.1) is 11.0 Å². The average Bonchev–Trinajstić information content (AvgIpc) is 4.04. The Morgan fingerprint density at radius 3 is 1.99 bits per heavy atom. The monoisotopic (exact) mass is 912 g/mol. The molecule has 0 N–H and O–H groups in total. The highest BCUT2D eigenvalue weighted by Gasteiger charge is 2.46. The van der Waals surface area contributed by atoms with Crippen molar-refractivity contribution in [1.29, 1.82) is 0 Å². The van der Waals surface area contributed by atoms with Crippen LogP contribution in [-0.4, -0.2) is 11.4 Å². The summed E-state index contributed by atoms with van der Waals surface area (Å²) in [6, 6.07) is 53.2. The molecule has 330 valence electrons. The zero-order chi connectivity index (χ0) is 46.1. The third-order valence-electron chi connectivity index (χ3n) is 17.4. The van der Waals surface area contributed by atoms with Crippen LogP contribution in [0.2, 0.25) is 0 Å². The van der Waals surface area contributed by atoms with E-state index in [0.29, 0.717) is 0 Å². The molecule has 0 bridgehead atoms. The first kappa shape index (κ1) is 39.8. The molecule has 0 saturated carbocycles. The van der Waals surface area contributed by atoms with Gasteiger partial charge >= 0.3 is 6.85 Å². The SMILES string of the molecule is CC(C)(C)c1ccc(N2B3c4cc5sc6ccccc6c5cc4-n4c5ccc6c(c5c5ccc(c3c54)-c3cc4c(cc32)sc2cc3c(cc24)C(C)(C)CCC3(C)C)-c2ccccc2C6(C)C)cc1. The van der Waals surface area contributed by atoms with Crippen molar-refractivity contribution in [3.63, 3.8) is 0 Å². The van der Waals surface area contributed by atoms with Gasteiger partial charge in [0.15, 0.2) is 0 Å². The van der Waals surface area contributed by atoms with Crippen LogP contribution in [0.15, 0.2) is 133 Å². The Balaban J connectivity index is 1.10. The highest BCUT2D eigenvalue weighted by molar-refractivity contribution is 7.26. The van der Waals surface area contributed by atoms with E-state index in [-0.39, 0.29) is 28.5 Å². The fraction of sp³-hybridized carbons (Fsp3) is 0.238. The first-order chi connectivity index (χ1) is 32.6. The van der Waals surface area contributed by atoms with Gasteiger partial charge in [-0.2, -0.15) is 0 Å². The Kier molecular flexibility index (Phi) is 7.46. The van der Waals surface area contributed by atoms with Gasteiger partial charge in [0.1, 0.15) is 0 Å². The van der Waals surface area contributed by atoms with Crippen LogP contribution >= 0.6 is 22.7 Å². The standard InChI is InChI=1S/C63H53BN2S2/c1-60(2,3)34-18-20-35(21-19-34)66-50-33-55-41(42-29-46-47(31-53(42)68-55)62(6,7)27-26-61(46,4)5)28-40(50)37-22-23-39-57-49(25-24-45-56(57)38-15-10-12-16-44(38)63(45,8)9)65-51-30-43-36-14-11-13-17-52(36)67-54(43)32-48(51)64(66)58(37)59(39)65/h10-25,28-33H,26-27H2,1-9H3. The Morgan fingerprint density at radius 1 is 0.515 bits per heavy atom. The van der Waals surface area contributed by atoms with E-state index in [0.717, 1.165) is 0 Å². The van der Waals surface area contributed by atoms with Crippen LogP contribution in [0.5, 0.6) is 0 Å². The second kappa shape index (κ2) is 12.7. The fourth-order valence-electron chi connectivity index (χ4n) is 13.6. The van der Waals surface area contributed by atoms with Crippen molar-refractivity contribution in [1.82, 2.24) is 4.57 Å². The first-order valence-corrected chi connectivity index (χ1v) is 26.4. The van der Waals surface area contributed by atoms with Crippen molar-refractivity contribution >= 4 is 114 Å². The second-order valence-corrected chi connectivity index (χ2v) is 25.7. The van der Waals surface area contributed by atoms with Crippen LogP contribution in [0, 0.1) is 0 Å². The zero-order valence-corrected chi connectivity index (χ0v) is 42.0. The van der Waals surface area contributed by atoms with Crippen LogP contribution < -0.4 is 15.7 Å². The predicted molar refractivity (Wildman–Crippen MR) is 297 cm³/mol. The maximum absolute atomic E-state index is 2.74. The number of rotatable bonds is 1. The van der Waals surface area contributed by atoms with Gasteiger partial charge in [-0.15, -0.1) is 22.7 Å². The number of fused-ring (bicyclic) bond motifs is 19. The van der Waals surface area contributed by atoms with E-state index in [2.05, 4.69) is 205 Å². The third kappa shape index (κ3) is 4.94. The Hall–Kier alpha value is -6.14. The molecule has 8 aromatic carbocycles. The molecule has 5 heteroatoms.